The molecular weight excluding hydrogens is 428 g/mol. The predicted molar refractivity (Wildman–Crippen MR) is 121 cm³/mol. The first-order chi connectivity index (χ1) is 15.6. The molecule has 0 unspecified atom stereocenters. The van der Waals surface area contributed by atoms with E-state index in [0.717, 1.165) is 33.8 Å². The van der Waals surface area contributed by atoms with Crippen molar-refractivity contribution in [3.63, 3.8) is 0 Å². The minimum atomic E-state index is -1.10. The zero-order valence-corrected chi connectivity index (χ0v) is 18.1. The fourth-order valence-corrected chi connectivity index (χ4v) is 5.41. The third kappa shape index (κ3) is 3.76. The summed E-state index contributed by atoms with van der Waals surface area (Å²) in [6, 6.07) is 16.2. The summed E-state index contributed by atoms with van der Waals surface area (Å²) in [4.78, 5) is 24.5. The first kappa shape index (κ1) is 20.7. The predicted octanol–water partition coefficient (Wildman–Crippen LogP) is 5.10. The number of nitrogens with zero attached hydrogens (tertiary/aromatic N) is 1. The molecule has 2 aliphatic rings. The van der Waals surface area contributed by atoms with Crippen LogP contribution in [0.2, 0.25) is 0 Å². The van der Waals surface area contributed by atoms with Crippen molar-refractivity contribution in [1.82, 2.24) is 4.37 Å². The average molecular weight is 451 g/mol. The van der Waals surface area contributed by atoms with E-state index in [-0.39, 0.29) is 29.0 Å². The minimum absolute atomic E-state index is 0.0177. The minimum Gasteiger partial charge on any atom is -0.478 e. The van der Waals surface area contributed by atoms with Crippen LogP contribution in [0.4, 0.5) is 9.80 Å². The number of anilines is 1. The van der Waals surface area contributed by atoms with E-state index in [1.54, 1.807) is 0 Å². The third-order valence-electron chi connectivity index (χ3n) is 6.10. The van der Waals surface area contributed by atoms with Crippen molar-refractivity contribution in [2.24, 2.45) is 0 Å². The molecule has 2 aromatic carbocycles. The van der Waals surface area contributed by atoms with Crippen LogP contribution in [-0.2, 0) is 9.47 Å². The number of hydrogen-bond donors (Lipinski definition) is 2. The summed E-state index contributed by atoms with van der Waals surface area (Å²) >= 11 is 0.978. The van der Waals surface area contributed by atoms with Crippen molar-refractivity contribution in [3.05, 3.63) is 70.9 Å². The maximum Gasteiger partial charge on any atom is 0.412 e. The molecule has 7 nitrogen and oxygen atoms in total. The topological polar surface area (TPSA) is 97.8 Å². The zero-order valence-electron chi connectivity index (χ0n) is 17.2. The fraction of sp³-hybridized carbons (Fsp3) is 0.292. The number of ether oxygens (including phenoxy) is 2. The van der Waals surface area contributed by atoms with Gasteiger partial charge in [-0.05, 0) is 46.6 Å². The van der Waals surface area contributed by atoms with Crippen LogP contribution >= 0.6 is 11.5 Å². The Hall–Kier alpha value is -3.23. The second-order valence-electron chi connectivity index (χ2n) is 7.91. The Balaban J connectivity index is 1.31. The molecule has 0 bridgehead atoms. The van der Waals surface area contributed by atoms with Crippen LogP contribution in [0.5, 0.6) is 0 Å². The Morgan fingerprint density at radius 3 is 2.31 bits per heavy atom. The number of fused-ring (bicyclic) bond motifs is 3. The van der Waals surface area contributed by atoms with E-state index in [0.29, 0.717) is 31.7 Å². The highest BCUT2D eigenvalue weighted by Gasteiger charge is 2.31. The maximum atomic E-state index is 12.6. The van der Waals surface area contributed by atoms with Crippen LogP contribution < -0.4 is 5.32 Å². The summed E-state index contributed by atoms with van der Waals surface area (Å²) in [6.45, 7) is 1.32. The summed E-state index contributed by atoms with van der Waals surface area (Å²) in [5, 5.41) is 12.6. The van der Waals surface area contributed by atoms with Gasteiger partial charge in [0.05, 0.1) is 5.69 Å². The molecule has 5 rings (SSSR count). The molecule has 1 aliphatic heterocycles. The van der Waals surface area contributed by atoms with E-state index < -0.39 is 12.1 Å². The monoisotopic (exact) mass is 450 g/mol. The molecule has 1 aromatic heterocycles. The van der Waals surface area contributed by atoms with Crippen molar-refractivity contribution in [3.8, 4) is 11.1 Å². The highest BCUT2D eigenvalue weighted by Crippen LogP contribution is 2.44. The molecule has 2 heterocycles. The lowest BCUT2D eigenvalue weighted by Gasteiger charge is -2.20. The Morgan fingerprint density at radius 2 is 1.69 bits per heavy atom. The van der Waals surface area contributed by atoms with Crippen LogP contribution in [0.3, 0.4) is 0 Å². The number of carbonyl (C=O) groups is 2. The number of carboxylic acid groups (broad SMARTS) is 1. The number of benzene rings is 2. The Labute approximate surface area is 189 Å². The van der Waals surface area contributed by atoms with Crippen LogP contribution in [0.1, 0.15) is 51.9 Å². The molecule has 1 saturated heterocycles. The van der Waals surface area contributed by atoms with Gasteiger partial charge in [0, 0.05) is 25.0 Å². The number of carbonyl (C=O) groups excluding carboxylic acids is 1. The summed E-state index contributed by atoms with van der Waals surface area (Å²) in [7, 11) is 0. The van der Waals surface area contributed by atoms with Gasteiger partial charge in [-0.25, -0.2) is 9.59 Å². The van der Waals surface area contributed by atoms with Gasteiger partial charge in [0.1, 0.15) is 17.2 Å². The van der Waals surface area contributed by atoms with E-state index in [9.17, 15) is 14.7 Å². The molecule has 164 valence electrons. The summed E-state index contributed by atoms with van der Waals surface area (Å²) in [5.41, 5.74) is 5.09. The Bertz CT molecular complexity index is 1120. The van der Waals surface area contributed by atoms with Crippen molar-refractivity contribution in [2.75, 3.05) is 25.1 Å². The lowest BCUT2D eigenvalue weighted by Crippen LogP contribution is -2.20. The Kier molecular flexibility index (Phi) is 5.63. The molecular formula is C24H22N2O5S. The first-order valence-corrected chi connectivity index (χ1v) is 11.3. The SMILES string of the molecule is O=C(Nc1snc(C2CCOCC2)c1C(=O)O)OCC1c2ccccc2-c2ccccc21. The standard InChI is InChI=1S/C24H22N2O5S/c27-23(28)20-21(14-9-11-30-12-10-14)26-32-22(20)25-24(29)31-13-19-17-7-3-1-5-15(17)16-6-2-4-8-18(16)19/h1-8,14,19H,9-13H2,(H,25,29)(H,27,28). The lowest BCUT2D eigenvalue weighted by atomic mass is 9.94. The van der Waals surface area contributed by atoms with Gasteiger partial charge in [-0.1, -0.05) is 48.5 Å². The normalized spacial score (nSPS) is 15.8. The van der Waals surface area contributed by atoms with Gasteiger partial charge in [0.2, 0.25) is 0 Å². The molecule has 1 amide bonds. The number of aromatic nitrogens is 1. The second kappa shape index (κ2) is 8.72. The molecule has 3 aromatic rings. The van der Waals surface area contributed by atoms with E-state index >= 15 is 0 Å². The molecule has 2 N–H and O–H groups in total. The van der Waals surface area contributed by atoms with Gasteiger partial charge in [-0.3, -0.25) is 5.32 Å². The highest BCUT2D eigenvalue weighted by atomic mass is 32.1. The van der Waals surface area contributed by atoms with Gasteiger partial charge >= 0.3 is 12.1 Å². The lowest BCUT2D eigenvalue weighted by molar-refractivity contribution is 0.0685. The van der Waals surface area contributed by atoms with E-state index in [1.807, 2.05) is 36.4 Å². The molecule has 32 heavy (non-hydrogen) atoms. The van der Waals surface area contributed by atoms with Crippen molar-refractivity contribution in [1.29, 1.82) is 0 Å². The molecule has 0 atom stereocenters. The number of aromatic carboxylic acids is 1. The third-order valence-corrected chi connectivity index (χ3v) is 6.88. The summed E-state index contributed by atoms with van der Waals surface area (Å²) < 4.78 is 15.3. The number of amides is 1. The van der Waals surface area contributed by atoms with E-state index in [2.05, 4.69) is 21.8 Å². The van der Waals surface area contributed by atoms with Crippen molar-refractivity contribution >= 4 is 28.6 Å². The number of rotatable bonds is 5. The van der Waals surface area contributed by atoms with E-state index in [4.69, 9.17) is 9.47 Å². The van der Waals surface area contributed by atoms with Gasteiger partial charge in [0.15, 0.2) is 0 Å². The molecule has 1 fully saturated rings. The van der Waals surface area contributed by atoms with Crippen molar-refractivity contribution in [2.45, 2.75) is 24.7 Å². The molecule has 0 radical (unpaired) electrons. The van der Waals surface area contributed by atoms with Crippen LogP contribution in [0, 0.1) is 0 Å². The zero-order chi connectivity index (χ0) is 22.1. The van der Waals surface area contributed by atoms with Gasteiger partial charge < -0.3 is 14.6 Å². The number of hydrogen-bond acceptors (Lipinski definition) is 6. The molecule has 0 saturated carbocycles. The fourth-order valence-electron chi connectivity index (χ4n) is 4.57. The quantitative estimate of drug-likeness (QED) is 0.562. The van der Waals surface area contributed by atoms with Gasteiger partial charge in [0.25, 0.3) is 0 Å². The average Bonchev–Trinajstić information content (AvgIpc) is 3.38. The largest absolute Gasteiger partial charge is 0.478 e. The van der Waals surface area contributed by atoms with Gasteiger partial charge in [-0.2, -0.15) is 4.37 Å². The summed E-state index contributed by atoms with van der Waals surface area (Å²) in [5.74, 6) is -1.15. The number of carboxylic acids is 1. The van der Waals surface area contributed by atoms with Crippen LogP contribution in [0.25, 0.3) is 11.1 Å². The summed E-state index contributed by atoms with van der Waals surface area (Å²) in [6.07, 6.45) is 0.750. The second-order valence-corrected chi connectivity index (χ2v) is 8.69. The highest BCUT2D eigenvalue weighted by molar-refractivity contribution is 7.11. The molecule has 0 spiro atoms. The smallest absolute Gasteiger partial charge is 0.412 e. The van der Waals surface area contributed by atoms with Crippen molar-refractivity contribution < 1.29 is 24.2 Å². The van der Waals surface area contributed by atoms with Crippen LogP contribution in [-0.4, -0.2) is 41.4 Å². The number of nitrogens with one attached hydrogen (secondary N) is 1. The van der Waals surface area contributed by atoms with E-state index in [1.165, 1.54) is 0 Å². The molecule has 8 heteroatoms. The van der Waals surface area contributed by atoms with Gasteiger partial charge in [-0.15, -0.1) is 0 Å². The Morgan fingerprint density at radius 1 is 1.06 bits per heavy atom. The first-order valence-electron chi connectivity index (χ1n) is 10.6. The molecule has 1 aliphatic carbocycles. The van der Waals surface area contributed by atoms with Crippen LogP contribution in [0.15, 0.2) is 48.5 Å². The maximum absolute atomic E-state index is 12.6.